The van der Waals surface area contributed by atoms with Gasteiger partial charge in [-0.15, -0.1) is 0 Å². The molecule has 2 amide bonds. The smallest absolute Gasteiger partial charge is 0.412 e. The maximum absolute atomic E-state index is 14.0. The molecule has 0 saturated carbocycles. The molecule has 0 atom stereocenters. The minimum absolute atomic E-state index is 0.00322. The number of hydrogen-bond acceptors (Lipinski definition) is 6. The summed E-state index contributed by atoms with van der Waals surface area (Å²) in [6.45, 7) is 4.98. The van der Waals surface area contributed by atoms with Crippen LogP contribution in [0.25, 0.3) is 0 Å². The van der Waals surface area contributed by atoms with Crippen LogP contribution in [0.1, 0.15) is 31.1 Å². The highest BCUT2D eigenvalue weighted by molar-refractivity contribution is 6.05. The number of methoxy groups -OCH3 is 1. The Bertz CT molecular complexity index is 955. The predicted octanol–water partition coefficient (Wildman–Crippen LogP) is 4.34. The molecular formula is C19H20FN3O6. The highest BCUT2D eigenvalue weighted by atomic mass is 19.1. The summed E-state index contributed by atoms with van der Waals surface area (Å²) >= 11 is 0. The van der Waals surface area contributed by atoms with Crippen molar-refractivity contribution in [2.24, 2.45) is 0 Å². The van der Waals surface area contributed by atoms with E-state index in [-0.39, 0.29) is 28.4 Å². The van der Waals surface area contributed by atoms with Crippen molar-refractivity contribution < 1.29 is 28.4 Å². The average molecular weight is 405 g/mol. The summed E-state index contributed by atoms with van der Waals surface area (Å²) in [6, 6.07) is 7.26. The van der Waals surface area contributed by atoms with Gasteiger partial charge in [0.05, 0.1) is 17.7 Å². The van der Waals surface area contributed by atoms with Crippen LogP contribution in [0.4, 0.5) is 26.2 Å². The molecule has 154 valence electrons. The first-order valence-electron chi connectivity index (χ1n) is 8.43. The molecule has 0 aliphatic heterocycles. The quantitative estimate of drug-likeness (QED) is 0.564. The molecule has 0 aliphatic rings. The summed E-state index contributed by atoms with van der Waals surface area (Å²) in [5.74, 6) is -1.38. The minimum Gasteiger partial charge on any atom is -0.490 e. The third kappa shape index (κ3) is 5.89. The summed E-state index contributed by atoms with van der Waals surface area (Å²) in [4.78, 5) is 34.7. The second kappa shape index (κ2) is 8.55. The van der Waals surface area contributed by atoms with Crippen LogP contribution in [0.3, 0.4) is 0 Å². The number of ether oxygens (including phenoxy) is 2. The highest BCUT2D eigenvalue weighted by Gasteiger charge is 2.20. The molecule has 0 aromatic heterocycles. The topological polar surface area (TPSA) is 120 Å². The van der Waals surface area contributed by atoms with Crippen molar-refractivity contribution in [3.05, 3.63) is 57.9 Å². The largest absolute Gasteiger partial charge is 0.490 e. The Kier molecular flexibility index (Phi) is 6.37. The van der Waals surface area contributed by atoms with Crippen molar-refractivity contribution in [3.8, 4) is 5.75 Å². The van der Waals surface area contributed by atoms with Gasteiger partial charge in [0.1, 0.15) is 11.4 Å². The fourth-order valence-electron chi connectivity index (χ4n) is 2.29. The molecule has 2 N–H and O–H groups in total. The van der Waals surface area contributed by atoms with E-state index in [9.17, 15) is 24.1 Å². The lowest BCUT2D eigenvalue weighted by molar-refractivity contribution is -0.385. The third-order valence-electron chi connectivity index (χ3n) is 3.50. The molecule has 0 spiro atoms. The van der Waals surface area contributed by atoms with Gasteiger partial charge in [-0.2, -0.15) is 0 Å². The molecule has 0 radical (unpaired) electrons. The fraction of sp³-hybridized carbons (Fsp3) is 0.263. The van der Waals surface area contributed by atoms with E-state index < -0.39 is 28.3 Å². The van der Waals surface area contributed by atoms with Gasteiger partial charge in [0.2, 0.25) is 0 Å². The Morgan fingerprint density at radius 3 is 2.38 bits per heavy atom. The number of hydrogen-bond donors (Lipinski definition) is 2. The summed E-state index contributed by atoms with van der Waals surface area (Å²) in [6.07, 6.45) is -0.856. The zero-order valence-corrected chi connectivity index (χ0v) is 16.2. The second-order valence-corrected chi connectivity index (χ2v) is 6.92. The number of nitro groups is 1. The molecule has 29 heavy (non-hydrogen) atoms. The Balaban J connectivity index is 2.20. The van der Waals surface area contributed by atoms with Crippen LogP contribution >= 0.6 is 0 Å². The second-order valence-electron chi connectivity index (χ2n) is 6.92. The Labute approximate surface area is 166 Å². The number of nitrogens with one attached hydrogen (secondary N) is 2. The zero-order valence-electron chi connectivity index (χ0n) is 16.2. The van der Waals surface area contributed by atoms with Crippen LogP contribution in [0.15, 0.2) is 36.4 Å². The molecule has 2 aromatic rings. The lowest BCUT2D eigenvalue weighted by Gasteiger charge is -2.20. The first kappa shape index (κ1) is 21.6. The van der Waals surface area contributed by atoms with E-state index in [1.165, 1.54) is 31.4 Å². The first-order chi connectivity index (χ1) is 13.5. The predicted molar refractivity (Wildman–Crippen MR) is 104 cm³/mol. The zero-order chi connectivity index (χ0) is 21.8. The number of nitrogens with zero attached hydrogens (tertiary/aromatic N) is 1. The van der Waals surface area contributed by atoms with E-state index >= 15 is 0 Å². The first-order valence-corrected chi connectivity index (χ1v) is 8.43. The lowest BCUT2D eigenvalue weighted by Crippen LogP contribution is -2.27. The Hall–Kier alpha value is -3.69. The maximum Gasteiger partial charge on any atom is 0.412 e. The number of nitro benzene ring substituents is 1. The van der Waals surface area contributed by atoms with Crippen LogP contribution in [-0.4, -0.2) is 29.6 Å². The van der Waals surface area contributed by atoms with Crippen molar-refractivity contribution in [2.45, 2.75) is 26.4 Å². The number of amides is 2. The maximum atomic E-state index is 14.0. The standard InChI is InChI=1S/C19H20FN3O6/c1-19(2,3)29-18(25)22-14-10-12(6-7-13(14)20)21-17(24)11-5-8-16(28-4)15(9-11)23(26)27/h5-10H,1-4H3,(H,21,24)(H,22,25). The van der Waals surface area contributed by atoms with E-state index in [2.05, 4.69) is 10.6 Å². The number of carbonyl (C=O) groups excluding carboxylic acids is 2. The molecule has 2 aromatic carbocycles. The van der Waals surface area contributed by atoms with Gasteiger partial charge in [-0.25, -0.2) is 9.18 Å². The highest BCUT2D eigenvalue weighted by Crippen LogP contribution is 2.28. The summed E-state index contributed by atoms with van der Waals surface area (Å²) in [5.41, 5.74) is -1.16. The number of benzene rings is 2. The van der Waals surface area contributed by atoms with Crippen LogP contribution in [0.5, 0.6) is 5.75 Å². The van der Waals surface area contributed by atoms with Gasteiger partial charge in [0, 0.05) is 17.3 Å². The van der Waals surface area contributed by atoms with E-state index in [1.807, 2.05) is 0 Å². The molecule has 0 saturated heterocycles. The number of halogens is 1. The van der Waals surface area contributed by atoms with E-state index in [1.54, 1.807) is 20.8 Å². The van der Waals surface area contributed by atoms with Crippen LogP contribution < -0.4 is 15.4 Å². The normalized spacial score (nSPS) is 10.8. The number of rotatable bonds is 5. The Morgan fingerprint density at radius 2 is 1.79 bits per heavy atom. The van der Waals surface area contributed by atoms with Crippen molar-refractivity contribution in [1.82, 2.24) is 0 Å². The monoisotopic (exact) mass is 405 g/mol. The third-order valence-corrected chi connectivity index (χ3v) is 3.50. The van der Waals surface area contributed by atoms with Crippen LogP contribution in [0.2, 0.25) is 0 Å². The molecule has 2 rings (SSSR count). The molecule has 0 aliphatic carbocycles. The SMILES string of the molecule is COc1ccc(C(=O)Nc2ccc(F)c(NC(=O)OC(C)(C)C)c2)cc1[N+](=O)[O-]. The summed E-state index contributed by atoms with van der Waals surface area (Å²) < 4.78 is 23.9. The summed E-state index contributed by atoms with van der Waals surface area (Å²) in [7, 11) is 1.28. The molecule has 9 nitrogen and oxygen atoms in total. The molecule has 0 heterocycles. The van der Waals surface area contributed by atoms with Gasteiger partial charge in [-0.3, -0.25) is 20.2 Å². The van der Waals surface area contributed by atoms with Crippen molar-refractivity contribution in [3.63, 3.8) is 0 Å². The average Bonchev–Trinajstić information content (AvgIpc) is 2.62. The Morgan fingerprint density at radius 1 is 1.10 bits per heavy atom. The minimum atomic E-state index is -0.856. The van der Waals surface area contributed by atoms with Gasteiger partial charge in [0.25, 0.3) is 5.91 Å². The fourth-order valence-corrected chi connectivity index (χ4v) is 2.29. The molecule has 0 bridgehead atoms. The van der Waals surface area contributed by atoms with Gasteiger partial charge in [0.15, 0.2) is 5.75 Å². The van der Waals surface area contributed by atoms with Crippen LogP contribution in [-0.2, 0) is 4.74 Å². The molecule has 0 unspecified atom stereocenters. The van der Waals surface area contributed by atoms with Crippen molar-refractivity contribution in [1.29, 1.82) is 0 Å². The molecular weight excluding hydrogens is 385 g/mol. The van der Waals surface area contributed by atoms with E-state index in [4.69, 9.17) is 9.47 Å². The van der Waals surface area contributed by atoms with Gasteiger partial charge in [-0.05, 0) is 51.1 Å². The van der Waals surface area contributed by atoms with E-state index in [0.717, 1.165) is 12.1 Å². The molecule has 10 heteroatoms. The van der Waals surface area contributed by atoms with Crippen LogP contribution in [0, 0.1) is 15.9 Å². The summed E-state index contributed by atoms with van der Waals surface area (Å²) in [5, 5.41) is 15.9. The van der Waals surface area contributed by atoms with Gasteiger partial charge >= 0.3 is 11.8 Å². The van der Waals surface area contributed by atoms with Crippen molar-refractivity contribution >= 4 is 29.1 Å². The van der Waals surface area contributed by atoms with Gasteiger partial charge < -0.3 is 14.8 Å². The molecule has 0 fully saturated rings. The number of carbonyl (C=O) groups is 2. The van der Waals surface area contributed by atoms with E-state index in [0.29, 0.717) is 0 Å². The van der Waals surface area contributed by atoms with Crippen molar-refractivity contribution in [2.75, 3.05) is 17.7 Å². The lowest BCUT2D eigenvalue weighted by atomic mass is 10.1. The van der Waals surface area contributed by atoms with Gasteiger partial charge in [-0.1, -0.05) is 0 Å². The number of anilines is 2.